The van der Waals surface area contributed by atoms with Crippen LogP contribution < -0.4 is 0 Å². The molecule has 1 aromatic heterocycles. The highest BCUT2D eigenvalue weighted by molar-refractivity contribution is 5.65. The molecule has 0 unspecified atom stereocenters. The van der Waals surface area contributed by atoms with Crippen molar-refractivity contribution in [2.45, 2.75) is 52.5 Å². The van der Waals surface area contributed by atoms with Gasteiger partial charge in [-0.2, -0.15) is 0 Å². The van der Waals surface area contributed by atoms with Crippen LogP contribution in [-0.2, 0) is 13.0 Å². The van der Waals surface area contributed by atoms with Crippen LogP contribution in [0.2, 0.25) is 0 Å². The van der Waals surface area contributed by atoms with Gasteiger partial charge in [0.05, 0.1) is 5.69 Å². The average molecular weight is 272 g/mol. The maximum absolute atomic E-state index is 10.2. The number of benzene rings is 1. The van der Waals surface area contributed by atoms with Crippen molar-refractivity contribution in [2.75, 3.05) is 0 Å². The highest BCUT2D eigenvalue weighted by atomic mass is 16.3. The first-order chi connectivity index (χ1) is 9.77. The number of hydrogen-bond donors (Lipinski definition) is 1. The Balaban J connectivity index is 2.42. The van der Waals surface area contributed by atoms with Crippen LogP contribution in [0.15, 0.2) is 30.3 Å². The minimum absolute atomic E-state index is 0.202. The molecular formula is C17H24N2O. The summed E-state index contributed by atoms with van der Waals surface area (Å²) in [7, 11) is 0. The first kappa shape index (κ1) is 14.6. The Morgan fingerprint density at radius 1 is 1.05 bits per heavy atom. The average Bonchev–Trinajstić information content (AvgIpc) is 2.79. The summed E-state index contributed by atoms with van der Waals surface area (Å²) in [5.74, 6) is 0.202. The van der Waals surface area contributed by atoms with Gasteiger partial charge in [0.1, 0.15) is 0 Å². The first-order valence-corrected chi connectivity index (χ1v) is 7.62. The predicted octanol–water partition coefficient (Wildman–Crippen LogP) is 4.40. The summed E-state index contributed by atoms with van der Waals surface area (Å²) < 4.78 is 1.97. The molecule has 0 radical (unpaired) electrons. The quantitative estimate of drug-likeness (QED) is 0.811. The zero-order valence-corrected chi connectivity index (χ0v) is 12.5. The molecule has 3 heteroatoms. The highest BCUT2D eigenvalue weighted by Gasteiger charge is 2.17. The van der Waals surface area contributed by atoms with Gasteiger partial charge in [-0.25, -0.2) is 0 Å². The number of hydrogen-bond acceptors (Lipinski definition) is 2. The van der Waals surface area contributed by atoms with Gasteiger partial charge in [-0.15, -0.1) is 5.10 Å². The van der Waals surface area contributed by atoms with E-state index in [9.17, 15) is 5.11 Å². The molecule has 108 valence electrons. The number of unbranched alkanes of at least 4 members (excludes halogenated alkanes) is 2. The fourth-order valence-electron chi connectivity index (χ4n) is 2.46. The summed E-state index contributed by atoms with van der Waals surface area (Å²) in [6.45, 7) is 5.20. The molecule has 3 nitrogen and oxygen atoms in total. The molecule has 1 heterocycles. The van der Waals surface area contributed by atoms with Gasteiger partial charge in [0.15, 0.2) is 0 Å². The van der Waals surface area contributed by atoms with Gasteiger partial charge in [0.25, 0.3) is 0 Å². The van der Waals surface area contributed by atoms with E-state index in [1.807, 2.05) is 22.9 Å². The van der Waals surface area contributed by atoms with E-state index in [4.69, 9.17) is 0 Å². The van der Waals surface area contributed by atoms with Crippen LogP contribution in [0.5, 0.6) is 5.88 Å². The number of aryl methyl sites for hydroxylation is 1. The van der Waals surface area contributed by atoms with E-state index in [1.54, 1.807) is 0 Å². The third-order valence-electron chi connectivity index (χ3n) is 3.58. The van der Waals surface area contributed by atoms with Crippen LogP contribution in [0, 0.1) is 0 Å². The van der Waals surface area contributed by atoms with Crippen molar-refractivity contribution in [2.24, 2.45) is 0 Å². The van der Waals surface area contributed by atoms with E-state index >= 15 is 0 Å². The molecule has 0 aliphatic heterocycles. The number of aromatic hydroxyl groups is 1. The second kappa shape index (κ2) is 7.13. The molecule has 1 aromatic carbocycles. The van der Waals surface area contributed by atoms with Crippen molar-refractivity contribution in [1.82, 2.24) is 9.78 Å². The second-order valence-corrected chi connectivity index (χ2v) is 5.20. The molecule has 0 bridgehead atoms. The van der Waals surface area contributed by atoms with Crippen LogP contribution >= 0.6 is 0 Å². The molecular weight excluding hydrogens is 248 g/mol. The molecule has 0 fully saturated rings. The minimum atomic E-state index is 0.202. The van der Waals surface area contributed by atoms with Gasteiger partial charge in [0, 0.05) is 17.7 Å². The lowest BCUT2D eigenvalue weighted by atomic mass is 10.0. The predicted molar refractivity (Wildman–Crippen MR) is 82.8 cm³/mol. The Labute approximate surface area is 121 Å². The number of rotatable bonds is 7. The van der Waals surface area contributed by atoms with E-state index in [0.717, 1.165) is 55.5 Å². The van der Waals surface area contributed by atoms with Crippen LogP contribution in [0.25, 0.3) is 11.3 Å². The van der Waals surface area contributed by atoms with Gasteiger partial charge in [-0.05, 0) is 19.3 Å². The van der Waals surface area contributed by atoms with Gasteiger partial charge in [-0.1, -0.05) is 57.0 Å². The smallest absolute Gasteiger partial charge is 0.234 e. The highest BCUT2D eigenvalue weighted by Crippen LogP contribution is 2.31. The van der Waals surface area contributed by atoms with Crippen LogP contribution in [0.3, 0.4) is 0 Å². The number of aromatic nitrogens is 2. The lowest BCUT2D eigenvalue weighted by molar-refractivity contribution is 0.430. The molecule has 2 aromatic rings. The Bertz CT molecular complexity index is 531. The monoisotopic (exact) mass is 272 g/mol. The standard InChI is InChI=1S/C17H24N2O/c1-3-5-12-15-16(14-10-8-7-9-11-14)19(13-6-4-2)18-17(15)20/h7-11H,3-6,12-13H2,1-2H3,(H,18,20). The molecule has 0 aliphatic carbocycles. The van der Waals surface area contributed by atoms with Crippen LogP contribution in [0.1, 0.15) is 45.1 Å². The van der Waals surface area contributed by atoms with Crippen molar-refractivity contribution in [3.05, 3.63) is 35.9 Å². The van der Waals surface area contributed by atoms with E-state index in [2.05, 4.69) is 31.1 Å². The summed E-state index contributed by atoms with van der Waals surface area (Å²) >= 11 is 0. The fraction of sp³-hybridized carbons (Fsp3) is 0.471. The van der Waals surface area contributed by atoms with Crippen LogP contribution in [0.4, 0.5) is 0 Å². The van der Waals surface area contributed by atoms with Crippen molar-refractivity contribution in [3.8, 4) is 17.1 Å². The molecule has 2 rings (SSSR count). The summed E-state index contributed by atoms with van der Waals surface area (Å²) in [4.78, 5) is 0. The zero-order valence-electron chi connectivity index (χ0n) is 12.5. The molecule has 0 spiro atoms. The van der Waals surface area contributed by atoms with Gasteiger partial charge >= 0.3 is 0 Å². The zero-order chi connectivity index (χ0) is 14.4. The van der Waals surface area contributed by atoms with Crippen molar-refractivity contribution >= 4 is 0 Å². The molecule has 0 aliphatic rings. The van der Waals surface area contributed by atoms with Gasteiger partial charge < -0.3 is 5.11 Å². The molecule has 20 heavy (non-hydrogen) atoms. The number of nitrogens with zero attached hydrogens (tertiary/aromatic N) is 2. The Hall–Kier alpha value is -1.77. The normalized spacial score (nSPS) is 10.9. The molecule has 1 N–H and O–H groups in total. The Kier molecular flexibility index (Phi) is 5.22. The molecule has 0 saturated carbocycles. The van der Waals surface area contributed by atoms with Gasteiger partial charge in [0.2, 0.25) is 5.88 Å². The van der Waals surface area contributed by atoms with E-state index < -0.39 is 0 Å². The maximum Gasteiger partial charge on any atom is 0.234 e. The first-order valence-electron chi connectivity index (χ1n) is 7.62. The third kappa shape index (κ3) is 3.21. The maximum atomic E-state index is 10.2. The van der Waals surface area contributed by atoms with E-state index in [-0.39, 0.29) is 5.88 Å². The second-order valence-electron chi connectivity index (χ2n) is 5.20. The Morgan fingerprint density at radius 3 is 2.40 bits per heavy atom. The summed E-state index contributed by atoms with van der Waals surface area (Å²) in [5, 5.41) is 14.5. The summed E-state index contributed by atoms with van der Waals surface area (Å²) in [5.41, 5.74) is 3.22. The summed E-state index contributed by atoms with van der Waals surface area (Å²) in [6.07, 6.45) is 5.28. The minimum Gasteiger partial charge on any atom is -0.492 e. The fourth-order valence-corrected chi connectivity index (χ4v) is 2.46. The molecule has 0 amide bonds. The SMILES string of the molecule is CCCCc1c(O)nn(CCCC)c1-c1ccccc1. The third-order valence-corrected chi connectivity index (χ3v) is 3.58. The van der Waals surface area contributed by atoms with E-state index in [1.165, 1.54) is 0 Å². The molecule has 0 atom stereocenters. The van der Waals surface area contributed by atoms with Crippen molar-refractivity contribution in [3.63, 3.8) is 0 Å². The Morgan fingerprint density at radius 2 is 1.75 bits per heavy atom. The largest absolute Gasteiger partial charge is 0.492 e. The summed E-state index contributed by atoms with van der Waals surface area (Å²) in [6, 6.07) is 10.3. The molecule has 0 saturated heterocycles. The lowest BCUT2D eigenvalue weighted by Crippen LogP contribution is -2.03. The van der Waals surface area contributed by atoms with Crippen molar-refractivity contribution in [1.29, 1.82) is 0 Å². The topological polar surface area (TPSA) is 38.1 Å². The van der Waals surface area contributed by atoms with E-state index in [0.29, 0.717) is 0 Å². The van der Waals surface area contributed by atoms with Gasteiger partial charge in [-0.3, -0.25) is 4.68 Å². The van der Waals surface area contributed by atoms with Crippen LogP contribution in [-0.4, -0.2) is 14.9 Å². The van der Waals surface area contributed by atoms with Crippen molar-refractivity contribution < 1.29 is 5.11 Å². The lowest BCUT2D eigenvalue weighted by Gasteiger charge is -2.09.